The van der Waals surface area contributed by atoms with Crippen molar-refractivity contribution in [1.29, 1.82) is 0 Å². The summed E-state index contributed by atoms with van der Waals surface area (Å²) in [5.74, 6) is 1.66. The molecule has 1 aliphatic heterocycles. The Labute approximate surface area is 130 Å². The summed E-state index contributed by atoms with van der Waals surface area (Å²) in [5.41, 5.74) is 1.29. The fourth-order valence-electron chi connectivity index (χ4n) is 2.85. The zero-order valence-corrected chi connectivity index (χ0v) is 14.2. The summed E-state index contributed by atoms with van der Waals surface area (Å²) in [6.45, 7) is 5.78. The van der Waals surface area contributed by atoms with Crippen LogP contribution in [0.3, 0.4) is 0 Å². The predicted molar refractivity (Wildman–Crippen MR) is 87.3 cm³/mol. The van der Waals surface area contributed by atoms with Crippen molar-refractivity contribution in [2.45, 2.75) is 25.8 Å². The Balaban J connectivity index is 1.88. The van der Waals surface area contributed by atoms with Crippen LogP contribution in [0, 0.1) is 5.92 Å². The first-order chi connectivity index (χ1) is 9.60. The van der Waals surface area contributed by atoms with E-state index < -0.39 is 0 Å². The number of methoxy groups -OCH3 is 1. The minimum Gasteiger partial charge on any atom is -0.496 e. The average Bonchev–Trinajstić information content (AvgIpc) is 2.44. The zero-order valence-electron chi connectivity index (χ0n) is 12.7. The third kappa shape index (κ3) is 4.21. The molecule has 112 valence electrons. The molecular weight excluding hydrogens is 316 g/mol. The molecule has 0 bridgehead atoms. The summed E-state index contributed by atoms with van der Waals surface area (Å²) in [7, 11) is 3.91. The van der Waals surface area contributed by atoms with Crippen molar-refractivity contribution in [3.05, 3.63) is 28.2 Å². The lowest BCUT2D eigenvalue weighted by Gasteiger charge is -2.30. The molecule has 20 heavy (non-hydrogen) atoms. The average molecular weight is 341 g/mol. The fraction of sp³-hybridized carbons (Fsp3) is 0.625. The molecule has 0 radical (unpaired) electrons. The van der Waals surface area contributed by atoms with E-state index >= 15 is 0 Å². The third-order valence-corrected chi connectivity index (χ3v) is 4.73. The van der Waals surface area contributed by atoms with Crippen LogP contribution < -0.4 is 10.1 Å². The molecule has 0 aliphatic carbocycles. The Morgan fingerprint density at radius 3 is 2.95 bits per heavy atom. The number of rotatable bonds is 5. The molecule has 0 amide bonds. The quantitative estimate of drug-likeness (QED) is 0.888. The Morgan fingerprint density at radius 2 is 2.30 bits per heavy atom. The molecule has 2 rings (SSSR count). The van der Waals surface area contributed by atoms with Crippen LogP contribution >= 0.6 is 15.9 Å². The Kier molecular flexibility index (Phi) is 5.87. The van der Waals surface area contributed by atoms with Crippen LogP contribution in [0.1, 0.15) is 31.4 Å². The number of piperidine rings is 1. The van der Waals surface area contributed by atoms with Crippen molar-refractivity contribution in [2.24, 2.45) is 5.92 Å². The van der Waals surface area contributed by atoms with Crippen LogP contribution in [0.15, 0.2) is 22.7 Å². The van der Waals surface area contributed by atoms with E-state index in [1.165, 1.54) is 31.5 Å². The van der Waals surface area contributed by atoms with Gasteiger partial charge in [-0.2, -0.15) is 0 Å². The van der Waals surface area contributed by atoms with Gasteiger partial charge in [-0.15, -0.1) is 0 Å². The highest BCUT2D eigenvalue weighted by Gasteiger charge is 2.18. The number of likely N-dealkylation sites (tertiary alicyclic amines) is 1. The van der Waals surface area contributed by atoms with Gasteiger partial charge in [0.2, 0.25) is 0 Å². The van der Waals surface area contributed by atoms with Crippen molar-refractivity contribution in [2.75, 3.05) is 33.8 Å². The summed E-state index contributed by atoms with van der Waals surface area (Å²) in [5, 5.41) is 3.67. The van der Waals surface area contributed by atoms with E-state index in [1.54, 1.807) is 7.11 Å². The van der Waals surface area contributed by atoms with Gasteiger partial charge >= 0.3 is 0 Å². The summed E-state index contributed by atoms with van der Waals surface area (Å²) >= 11 is 3.55. The third-order valence-electron chi connectivity index (χ3n) is 4.11. The summed E-state index contributed by atoms with van der Waals surface area (Å²) in [4.78, 5) is 2.44. The van der Waals surface area contributed by atoms with Crippen molar-refractivity contribution in [3.63, 3.8) is 0 Å². The Bertz CT molecular complexity index is 438. The van der Waals surface area contributed by atoms with Gasteiger partial charge in [0, 0.05) is 12.6 Å². The van der Waals surface area contributed by atoms with E-state index in [9.17, 15) is 0 Å². The minimum atomic E-state index is 0.365. The molecule has 1 aliphatic rings. The van der Waals surface area contributed by atoms with E-state index in [2.05, 4.69) is 52.3 Å². The number of hydrogen-bond donors (Lipinski definition) is 1. The molecular formula is C16H25BrN2O. The van der Waals surface area contributed by atoms with Crippen LogP contribution in [0.2, 0.25) is 0 Å². The first kappa shape index (κ1) is 15.8. The highest BCUT2D eigenvalue weighted by Crippen LogP contribution is 2.28. The van der Waals surface area contributed by atoms with Crippen molar-refractivity contribution >= 4 is 15.9 Å². The van der Waals surface area contributed by atoms with Gasteiger partial charge in [0.05, 0.1) is 11.6 Å². The van der Waals surface area contributed by atoms with Gasteiger partial charge < -0.3 is 15.0 Å². The molecule has 1 fully saturated rings. The lowest BCUT2D eigenvalue weighted by Crippen LogP contribution is -2.37. The molecule has 3 nitrogen and oxygen atoms in total. The second-order valence-electron chi connectivity index (χ2n) is 5.79. The van der Waals surface area contributed by atoms with Gasteiger partial charge in [0.25, 0.3) is 0 Å². The molecule has 1 N–H and O–H groups in total. The van der Waals surface area contributed by atoms with Crippen molar-refractivity contribution in [3.8, 4) is 5.75 Å². The molecule has 0 aromatic heterocycles. The number of nitrogens with one attached hydrogen (secondary N) is 1. The van der Waals surface area contributed by atoms with Crippen molar-refractivity contribution in [1.82, 2.24) is 10.2 Å². The molecule has 1 aromatic rings. The number of benzene rings is 1. The number of ether oxygens (including phenoxy) is 1. The van der Waals surface area contributed by atoms with E-state index in [0.717, 1.165) is 22.7 Å². The Hall–Kier alpha value is -0.580. The minimum absolute atomic E-state index is 0.365. The second kappa shape index (κ2) is 7.43. The summed E-state index contributed by atoms with van der Waals surface area (Å²) < 4.78 is 6.29. The van der Waals surface area contributed by atoms with Gasteiger partial charge in [0.15, 0.2) is 0 Å². The standard InChI is InChI=1S/C16H25BrN2O/c1-12(14-6-7-16(20-3)15(17)9-14)18-10-13-5-4-8-19(2)11-13/h6-7,9,12-13,18H,4-5,8,10-11H2,1-3H3. The predicted octanol–water partition coefficient (Wildman–Crippen LogP) is 3.45. The first-order valence-electron chi connectivity index (χ1n) is 7.35. The van der Waals surface area contributed by atoms with Crippen LogP contribution in [-0.4, -0.2) is 38.7 Å². The number of hydrogen-bond acceptors (Lipinski definition) is 3. The van der Waals surface area contributed by atoms with Crippen LogP contribution in [0.5, 0.6) is 5.75 Å². The van der Waals surface area contributed by atoms with E-state index in [0.29, 0.717) is 6.04 Å². The maximum Gasteiger partial charge on any atom is 0.133 e. The Morgan fingerprint density at radius 1 is 1.50 bits per heavy atom. The monoisotopic (exact) mass is 340 g/mol. The van der Waals surface area contributed by atoms with Gasteiger partial charge in [-0.25, -0.2) is 0 Å². The van der Waals surface area contributed by atoms with E-state index in [4.69, 9.17) is 4.74 Å². The molecule has 1 heterocycles. The molecule has 0 saturated carbocycles. The molecule has 2 atom stereocenters. The zero-order chi connectivity index (χ0) is 14.5. The summed E-state index contributed by atoms with van der Waals surface area (Å²) in [6.07, 6.45) is 2.67. The van der Waals surface area contributed by atoms with Crippen LogP contribution in [0.25, 0.3) is 0 Å². The SMILES string of the molecule is COc1ccc(C(C)NCC2CCCN(C)C2)cc1Br. The topological polar surface area (TPSA) is 24.5 Å². The lowest BCUT2D eigenvalue weighted by molar-refractivity contribution is 0.203. The van der Waals surface area contributed by atoms with Crippen LogP contribution in [0.4, 0.5) is 0 Å². The molecule has 1 saturated heterocycles. The first-order valence-corrected chi connectivity index (χ1v) is 8.15. The molecule has 0 spiro atoms. The lowest BCUT2D eigenvalue weighted by atomic mass is 9.97. The van der Waals surface area contributed by atoms with Crippen molar-refractivity contribution < 1.29 is 4.74 Å². The summed E-state index contributed by atoms with van der Waals surface area (Å²) in [6, 6.07) is 6.66. The second-order valence-corrected chi connectivity index (χ2v) is 6.65. The number of nitrogens with zero attached hydrogens (tertiary/aromatic N) is 1. The van der Waals surface area contributed by atoms with Gasteiger partial charge in [0.1, 0.15) is 5.75 Å². The smallest absolute Gasteiger partial charge is 0.133 e. The normalized spacial score (nSPS) is 21.7. The fourth-order valence-corrected chi connectivity index (χ4v) is 3.41. The molecule has 1 aromatic carbocycles. The van der Waals surface area contributed by atoms with Gasteiger partial charge in [-0.05, 0) is 79.4 Å². The van der Waals surface area contributed by atoms with Gasteiger partial charge in [-0.3, -0.25) is 0 Å². The van der Waals surface area contributed by atoms with E-state index in [1.807, 2.05) is 6.07 Å². The molecule has 4 heteroatoms. The molecule has 2 unspecified atom stereocenters. The largest absolute Gasteiger partial charge is 0.496 e. The highest BCUT2D eigenvalue weighted by molar-refractivity contribution is 9.10. The van der Waals surface area contributed by atoms with E-state index in [-0.39, 0.29) is 0 Å². The maximum absolute atomic E-state index is 5.27. The highest BCUT2D eigenvalue weighted by atomic mass is 79.9. The maximum atomic E-state index is 5.27. The van der Waals surface area contributed by atoms with Gasteiger partial charge in [-0.1, -0.05) is 6.07 Å². The van der Waals surface area contributed by atoms with Crippen LogP contribution in [-0.2, 0) is 0 Å². The number of halogens is 1.